The van der Waals surface area contributed by atoms with Crippen LogP contribution in [0.3, 0.4) is 0 Å². The average Bonchev–Trinajstić information content (AvgIpc) is 2.44. The number of pyridine rings is 1. The van der Waals surface area contributed by atoms with Gasteiger partial charge in [0.25, 0.3) is 0 Å². The summed E-state index contributed by atoms with van der Waals surface area (Å²) in [5.74, 6) is -0.309. The molecule has 3 rings (SSSR count). The third kappa shape index (κ3) is 1.83. The molecular formula is C16H13FN2. The minimum Gasteiger partial charge on any atom is -0.396 e. The van der Waals surface area contributed by atoms with Crippen molar-refractivity contribution in [2.24, 2.45) is 0 Å². The van der Waals surface area contributed by atoms with Crippen molar-refractivity contribution in [2.45, 2.75) is 6.92 Å². The highest BCUT2D eigenvalue weighted by Crippen LogP contribution is 2.33. The second-order valence-corrected chi connectivity index (χ2v) is 4.48. The van der Waals surface area contributed by atoms with E-state index in [0.717, 1.165) is 16.5 Å². The lowest BCUT2D eigenvalue weighted by Gasteiger charge is -2.11. The first-order valence-electron chi connectivity index (χ1n) is 6.08. The van der Waals surface area contributed by atoms with Crippen molar-refractivity contribution >= 4 is 16.5 Å². The van der Waals surface area contributed by atoms with E-state index >= 15 is 0 Å². The summed E-state index contributed by atoms with van der Waals surface area (Å²) in [5, 5.41) is 1.91. The predicted molar refractivity (Wildman–Crippen MR) is 76.3 cm³/mol. The zero-order valence-corrected chi connectivity index (χ0v) is 10.5. The van der Waals surface area contributed by atoms with Crippen molar-refractivity contribution in [3.63, 3.8) is 0 Å². The number of aryl methyl sites for hydroxylation is 1. The highest BCUT2D eigenvalue weighted by molar-refractivity contribution is 5.99. The third-order valence-corrected chi connectivity index (χ3v) is 3.27. The SMILES string of the molecule is Cc1nc(-c2ccccc2F)c(N)c2ccccc12. The molecule has 2 aromatic carbocycles. The fourth-order valence-corrected chi connectivity index (χ4v) is 2.31. The number of rotatable bonds is 1. The molecule has 3 heteroatoms. The van der Waals surface area contributed by atoms with Crippen molar-refractivity contribution in [1.82, 2.24) is 4.98 Å². The first-order chi connectivity index (χ1) is 9.18. The number of anilines is 1. The van der Waals surface area contributed by atoms with Gasteiger partial charge in [0.2, 0.25) is 0 Å². The first-order valence-corrected chi connectivity index (χ1v) is 6.08. The van der Waals surface area contributed by atoms with Crippen LogP contribution < -0.4 is 5.73 Å². The second-order valence-electron chi connectivity index (χ2n) is 4.48. The average molecular weight is 252 g/mol. The number of aromatic nitrogens is 1. The van der Waals surface area contributed by atoms with Crippen molar-refractivity contribution in [3.05, 3.63) is 60.0 Å². The Morgan fingerprint density at radius 2 is 1.58 bits per heavy atom. The normalized spacial score (nSPS) is 10.8. The molecule has 0 aliphatic carbocycles. The number of nitrogen functional groups attached to an aromatic ring is 1. The summed E-state index contributed by atoms with van der Waals surface area (Å²) >= 11 is 0. The maximum absolute atomic E-state index is 13.9. The predicted octanol–water partition coefficient (Wildman–Crippen LogP) is 3.93. The molecule has 2 N–H and O–H groups in total. The van der Waals surface area contributed by atoms with Gasteiger partial charge in [0.1, 0.15) is 5.82 Å². The molecule has 0 aliphatic heterocycles. The van der Waals surface area contributed by atoms with Gasteiger partial charge >= 0.3 is 0 Å². The lowest BCUT2D eigenvalue weighted by Crippen LogP contribution is -1.99. The van der Waals surface area contributed by atoms with Gasteiger partial charge in [-0.25, -0.2) is 4.39 Å². The lowest BCUT2D eigenvalue weighted by molar-refractivity contribution is 0.631. The van der Waals surface area contributed by atoms with Crippen LogP contribution in [0.2, 0.25) is 0 Å². The lowest BCUT2D eigenvalue weighted by atomic mass is 10.0. The van der Waals surface area contributed by atoms with Crippen LogP contribution in [0.25, 0.3) is 22.0 Å². The Kier molecular flexibility index (Phi) is 2.67. The minimum absolute atomic E-state index is 0.309. The van der Waals surface area contributed by atoms with Crippen LogP contribution in [0.4, 0.5) is 10.1 Å². The number of benzene rings is 2. The molecule has 0 aliphatic rings. The van der Waals surface area contributed by atoms with Gasteiger partial charge in [-0.2, -0.15) is 0 Å². The maximum Gasteiger partial charge on any atom is 0.132 e. The Morgan fingerprint density at radius 1 is 0.947 bits per heavy atom. The van der Waals surface area contributed by atoms with Gasteiger partial charge < -0.3 is 5.73 Å². The van der Waals surface area contributed by atoms with Crippen molar-refractivity contribution in [2.75, 3.05) is 5.73 Å². The molecule has 0 fully saturated rings. The molecule has 19 heavy (non-hydrogen) atoms. The molecule has 94 valence electrons. The Bertz CT molecular complexity index is 766. The van der Waals surface area contributed by atoms with Crippen LogP contribution in [-0.2, 0) is 0 Å². The van der Waals surface area contributed by atoms with Crippen molar-refractivity contribution in [3.8, 4) is 11.3 Å². The summed E-state index contributed by atoms with van der Waals surface area (Å²) in [6.07, 6.45) is 0. The van der Waals surface area contributed by atoms with Gasteiger partial charge in [0.05, 0.1) is 11.4 Å². The molecular weight excluding hydrogens is 239 g/mol. The van der Waals surface area contributed by atoms with Gasteiger partial charge in [-0.3, -0.25) is 4.98 Å². The van der Waals surface area contributed by atoms with Crippen LogP contribution in [0, 0.1) is 12.7 Å². The molecule has 1 aromatic heterocycles. The molecule has 1 heterocycles. The number of fused-ring (bicyclic) bond motifs is 1. The van der Waals surface area contributed by atoms with Gasteiger partial charge in [-0.05, 0) is 19.1 Å². The number of hydrogen-bond acceptors (Lipinski definition) is 2. The summed E-state index contributed by atoms with van der Waals surface area (Å²) < 4.78 is 13.9. The molecule has 0 unspecified atom stereocenters. The van der Waals surface area contributed by atoms with Crippen LogP contribution >= 0.6 is 0 Å². The Hall–Kier alpha value is -2.42. The number of hydrogen-bond donors (Lipinski definition) is 1. The van der Waals surface area contributed by atoms with Crippen LogP contribution in [-0.4, -0.2) is 4.98 Å². The third-order valence-electron chi connectivity index (χ3n) is 3.27. The van der Waals surface area contributed by atoms with Crippen LogP contribution in [0.1, 0.15) is 5.69 Å². The van der Waals surface area contributed by atoms with E-state index in [1.807, 2.05) is 31.2 Å². The van der Waals surface area contributed by atoms with E-state index in [4.69, 9.17) is 5.73 Å². The Balaban J connectivity index is 2.38. The van der Waals surface area contributed by atoms with Gasteiger partial charge in [-0.15, -0.1) is 0 Å². The van der Waals surface area contributed by atoms with E-state index in [-0.39, 0.29) is 5.82 Å². The molecule has 0 saturated carbocycles. The zero-order chi connectivity index (χ0) is 13.4. The Labute approximate surface area is 110 Å². The van der Waals surface area contributed by atoms with E-state index in [1.54, 1.807) is 18.2 Å². The van der Waals surface area contributed by atoms with E-state index in [0.29, 0.717) is 16.9 Å². The van der Waals surface area contributed by atoms with Gasteiger partial charge in [0.15, 0.2) is 0 Å². The molecule has 0 amide bonds. The topological polar surface area (TPSA) is 38.9 Å². The zero-order valence-electron chi connectivity index (χ0n) is 10.5. The Morgan fingerprint density at radius 3 is 2.32 bits per heavy atom. The number of halogens is 1. The summed E-state index contributed by atoms with van der Waals surface area (Å²) in [6.45, 7) is 1.91. The van der Waals surface area contributed by atoms with E-state index in [1.165, 1.54) is 6.07 Å². The van der Waals surface area contributed by atoms with Crippen molar-refractivity contribution in [1.29, 1.82) is 0 Å². The summed E-state index contributed by atoms with van der Waals surface area (Å²) in [6, 6.07) is 14.3. The molecule has 0 radical (unpaired) electrons. The molecule has 0 bridgehead atoms. The van der Waals surface area contributed by atoms with Crippen LogP contribution in [0.5, 0.6) is 0 Å². The van der Waals surface area contributed by atoms with E-state index in [9.17, 15) is 4.39 Å². The monoisotopic (exact) mass is 252 g/mol. The summed E-state index contributed by atoms with van der Waals surface area (Å²) in [7, 11) is 0. The molecule has 0 atom stereocenters. The smallest absolute Gasteiger partial charge is 0.132 e. The summed E-state index contributed by atoms with van der Waals surface area (Å²) in [4.78, 5) is 4.47. The molecule has 2 nitrogen and oxygen atoms in total. The van der Waals surface area contributed by atoms with E-state index < -0.39 is 0 Å². The standard InChI is InChI=1S/C16H13FN2/c1-10-11-6-2-3-7-12(11)15(18)16(19-10)13-8-4-5-9-14(13)17/h2-9H,18H2,1H3. The fraction of sp³-hybridized carbons (Fsp3) is 0.0625. The summed E-state index contributed by atoms with van der Waals surface area (Å²) in [5.41, 5.74) is 8.48. The van der Waals surface area contributed by atoms with Gasteiger partial charge in [-0.1, -0.05) is 36.4 Å². The highest BCUT2D eigenvalue weighted by atomic mass is 19.1. The largest absolute Gasteiger partial charge is 0.396 e. The van der Waals surface area contributed by atoms with Gasteiger partial charge in [0, 0.05) is 22.0 Å². The maximum atomic E-state index is 13.9. The number of nitrogens with zero attached hydrogens (tertiary/aromatic N) is 1. The van der Waals surface area contributed by atoms with Crippen molar-refractivity contribution < 1.29 is 4.39 Å². The van der Waals surface area contributed by atoms with Crippen LogP contribution in [0.15, 0.2) is 48.5 Å². The molecule has 3 aromatic rings. The second kappa shape index (κ2) is 4.35. The minimum atomic E-state index is -0.309. The molecule has 0 spiro atoms. The number of nitrogens with two attached hydrogens (primary N) is 1. The fourth-order valence-electron chi connectivity index (χ4n) is 2.31. The highest BCUT2D eigenvalue weighted by Gasteiger charge is 2.13. The molecule has 0 saturated heterocycles. The first kappa shape index (κ1) is 11.7. The quantitative estimate of drug-likeness (QED) is 0.712. The van der Waals surface area contributed by atoms with E-state index in [2.05, 4.69) is 4.98 Å².